The Morgan fingerprint density at radius 3 is 2.59 bits per heavy atom. The fourth-order valence-electron chi connectivity index (χ4n) is 3.80. The van der Waals surface area contributed by atoms with Gasteiger partial charge in [-0.15, -0.1) is 0 Å². The number of carbonyl (C=O) groups is 2. The molecule has 0 fully saturated rings. The van der Waals surface area contributed by atoms with Gasteiger partial charge >= 0.3 is 0 Å². The van der Waals surface area contributed by atoms with E-state index in [1.54, 1.807) is 30.6 Å². The second kappa shape index (κ2) is 7.93. The van der Waals surface area contributed by atoms with E-state index in [4.69, 9.17) is 9.62 Å². The van der Waals surface area contributed by atoms with Crippen LogP contribution in [0, 0.1) is 6.92 Å². The number of nitrogens with one attached hydrogen (secondary N) is 2. The maximum atomic E-state index is 12.8. The number of rotatable bonds is 4. The molecule has 1 atom stereocenters. The van der Waals surface area contributed by atoms with Crippen LogP contribution in [0.5, 0.6) is 0 Å². The fraction of sp³-hybridized carbons (Fsp3) is 0.217. The molecule has 0 saturated carbocycles. The van der Waals surface area contributed by atoms with E-state index < -0.39 is 5.91 Å². The van der Waals surface area contributed by atoms with Gasteiger partial charge in [0, 0.05) is 17.2 Å². The van der Waals surface area contributed by atoms with Gasteiger partial charge in [-0.3, -0.25) is 14.8 Å². The maximum absolute atomic E-state index is 12.8. The minimum Gasteiger partial charge on any atom is -0.461 e. The van der Waals surface area contributed by atoms with Crippen molar-refractivity contribution in [2.75, 3.05) is 0 Å². The largest absolute Gasteiger partial charge is 0.461 e. The summed E-state index contributed by atoms with van der Waals surface area (Å²) >= 11 is 0. The zero-order valence-corrected chi connectivity index (χ0v) is 16.1. The molecule has 6 heteroatoms. The van der Waals surface area contributed by atoms with Crippen LogP contribution < -0.4 is 10.8 Å². The molecule has 29 heavy (non-hydrogen) atoms. The van der Waals surface area contributed by atoms with Gasteiger partial charge in [0.1, 0.15) is 11.5 Å². The summed E-state index contributed by atoms with van der Waals surface area (Å²) in [6.45, 7) is 1.80. The summed E-state index contributed by atoms with van der Waals surface area (Å²) in [4.78, 5) is 24.4. The van der Waals surface area contributed by atoms with Gasteiger partial charge in [-0.2, -0.15) is 0 Å². The number of hydroxylamine groups is 1. The molecule has 2 amide bonds. The Morgan fingerprint density at radius 2 is 1.83 bits per heavy atom. The van der Waals surface area contributed by atoms with Crippen LogP contribution in [0.4, 0.5) is 0 Å². The number of fused-ring (bicyclic) bond motifs is 1. The summed E-state index contributed by atoms with van der Waals surface area (Å²) in [5, 5.41) is 11.9. The highest BCUT2D eigenvalue weighted by Crippen LogP contribution is 2.26. The summed E-state index contributed by atoms with van der Waals surface area (Å²) in [6.07, 6.45) is 2.24. The van der Waals surface area contributed by atoms with Crippen molar-refractivity contribution in [1.29, 1.82) is 0 Å². The first kappa shape index (κ1) is 19.0. The SMILES string of the molecule is Cc1oc(-c2ccccc2)cc1C(=O)NC1CCc2cc(C(=O)NO)ccc2C1. The highest BCUT2D eigenvalue weighted by atomic mass is 16.5. The molecule has 1 aliphatic carbocycles. The van der Waals surface area contributed by atoms with Gasteiger partial charge in [0.25, 0.3) is 11.8 Å². The first-order chi connectivity index (χ1) is 14.0. The number of furan rings is 1. The van der Waals surface area contributed by atoms with E-state index in [1.165, 1.54) is 0 Å². The topological polar surface area (TPSA) is 91.6 Å². The normalized spacial score (nSPS) is 15.4. The third-order valence-corrected chi connectivity index (χ3v) is 5.35. The zero-order valence-electron chi connectivity index (χ0n) is 16.1. The molecule has 1 aliphatic rings. The average Bonchev–Trinajstić information content (AvgIpc) is 3.15. The van der Waals surface area contributed by atoms with Gasteiger partial charge in [0.2, 0.25) is 0 Å². The second-order valence-electron chi connectivity index (χ2n) is 7.28. The molecule has 1 aromatic heterocycles. The van der Waals surface area contributed by atoms with Crippen LogP contribution in [0.25, 0.3) is 11.3 Å². The van der Waals surface area contributed by atoms with Crippen LogP contribution in [0.2, 0.25) is 0 Å². The van der Waals surface area contributed by atoms with Gasteiger partial charge < -0.3 is 9.73 Å². The highest BCUT2D eigenvalue weighted by Gasteiger charge is 2.24. The Morgan fingerprint density at radius 1 is 1.03 bits per heavy atom. The van der Waals surface area contributed by atoms with Crippen LogP contribution >= 0.6 is 0 Å². The monoisotopic (exact) mass is 390 g/mol. The summed E-state index contributed by atoms with van der Waals surface area (Å²) in [5.74, 6) is 0.611. The van der Waals surface area contributed by atoms with Crippen LogP contribution in [-0.4, -0.2) is 23.1 Å². The van der Waals surface area contributed by atoms with Crippen molar-refractivity contribution in [1.82, 2.24) is 10.8 Å². The number of amides is 2. The van der Waals surface area contributed by atoms with E-state index in [-0.39, 0.29) is 11.9 Å². The van der Waals surface area contributed by atoms with Crippen LogP contribution in [0.15, 0.2) is 59.0 Å². The van der Waals surface area contributed by atoms with Crippen LogP contribution in [-0.2, 0) is 12.8 Å². The number of hydrogen-bond donors (Lipinski definition) is 3. The molecule has 0 saturated heterocycles. The standard InChI is InChI=1S/C23H22N2O4/c1-14-20(13-21(29-14)15-5-3-2-4-6-15)23(27)24-19-10-9-16-11-18(22(26)25-28)8-7-17(16)12-19/h2-8,11,13,19,28H,9-10,12H2,1H3,(H,24,27)(H,25,26). The Hall–Kier alpha value is -3.38. The molecule has 0 bridgehead atoms. The molecule has 6 nitrogen and oxygen atoms in total. The van der Waals surface area contributed by atoms with E-state index in [0.717, 1.165) is 29.5 Å². The van der Waals surface area contributed by atoms with E-state index in [1.807, 2.05) is 36.4 Å². The van der Waals surface area contributed by atoms with Crippen LogP contribution in [0.3, 0.4) is 0 Å². The molecule has 4 rings (SSSR count). The molecular weight excluding hydrogens is 368 g/mol. The second-order valence-corrected chi connectivity index (χ2v) is 7.28. The molecule has 0 aliphatic heterocycles. The molecule has 3 N–H and O–H groups in total. The van der Waals surface area contributed by atoms with Crippen molar-refractivity contribution in [3.8, 4) is 11.3 Å². The molecule has 3 aromatic rings. The van der Waals surface area contributed by atoms with E-state index in [0.29, 0.717) is 29.1 Å². The van der Waals surface area contributed by atoms with Crippen molar-refractivity contribution in [3.05, 3.63) is 82.6 Å². The van der Waals surface area contributed by atoms with Gasteiger partial charge in [0.15, 0.2) is 0 Å². The summed E-state index contributed by atoms with van der Waals surface area (Å²) < 4.78 is 5.79. The lowest BCUT2D eigenvalue weighted by molar-refractivity contribution is 0.0706. The third kappa shape index (κ3) is 3.93. The average molecular weight is 390 g/mol. The van der Waals surface area contributed by atoms with Crippen molar-refractivity contribution in [2.45, 2.75) is 32.2 Å². The van der Waals surface area contributed by atoms with E-state index >= 15 is 0 Å². The quantitative estimate of drug-likeness (QED) is 0.468. The zero-order chi connectivity index (χ0) is 20.4. The summed E-state index contributed by atoms with van der Waals surface area (Å²) in [7, 11) is 0. The fourth-order valence-corrected chi connectivity index (χ4v) is 3.80. The molecule has 1 heterocycles. The summed E-state index contributed by atoms with van der Waals surface area (Å²) in [5.41, 5.74) is 5.74. The van der Waals surface area contributed by atoms with Crippen molar-refractivity contribution >= 4 is 11.8 Å². The van der Waals surface area contributed by atoms with Gasteiger partial charge in [-0.25, -0.2) is 5.48 Å². The number of benzene rings is 2. The molecule has 1 unspecified atom stereocenters. The van der Waals surface area contributed by atoms with Gasteiger partial charge in [-0.05, 0) is 55.5 Å². The number of carbonyl (C=O) groups excluding carboxylic acids is 2. The first-order valence-corrected chi connectivity index (χ1v) is 9.58. The number of aryl methyl sites for hydroxylation is 2. The van der Waals surface area contributed by atoms with Crippen molar-refractivity contribution in [2.24, 2.45) is 0 Å². The van der Waals surface area contributed by atoms with E-state index in [2.05, 4.69) is 5.32 Å². The Bertz CT molecular complexity index is 1060. The van der Waals surface area contributed by atoms with Gasteiger partial charge in [-0.1, -0.05) is 36.4 Å². The predicted octanol–water partition coefficient (Wildman–Crippen LogP) is 3.66. The molecule has 0 radical (unpaired) electrons. The summed E-state index contributed by atoms with van der Waals surface area (Å²) in [6, 6.07) is 16.9. The molecule has 148 valence electrons. The third-order valence-electron chi connectivity index (χ3n) is 5.35. The maximum Gasteiger partial charge on any atom is 0.274 e. The van der Waals surface area contributed by atoms with Crippen LogP contribution in [0.1, 0.15) is 44.0 Å². The smallest absolute Gasteiger partial charge is 0.274 e. The molecule has 0 spiro atoms. The molecule has 2 aromatic carbocycles. The van der Waals surface area contributed by atoms with Crippen molar-refractivity contribution in [3.63, 3.8) is 0 Å². The Labute approximate surface area is 168 Å². The Kier molecular flexibility index (Phi) is 5.18. The highest BCUT2D eigenvalue weighted by molar-refractivity contribution is 5.96. The van der Waals surface area contributed by atoms with Crippen molar-refractivity contribution < 1.29 is 19.2 Å². The number of hydrogen-bond acceptors (Lipinski definition) is 4. The first-order valence-electron chi connectivity index (χ1n) is 9.58. The molecular formula is C23H22N2O4. The minimum atomic E-state index is -0.520. The van der Waals surface area contributed by atoms with E-state index in [9.17, 15) is 9.59 Å². The minimum absolute atomic E-state index is 0.0157. The predicted molar refractivity (Wildman–Crippen MR) is 108 cm³/mol. The Balaban J connectivity index is 1.46. The van der Waals surface area contributed by atoms with Gasteiger partial charge in [0.05, 0.1) is 5.56 Å². The lowest BCUT2D eigenvalue weighted by Gasteiger charge is -2.25. The lowest BCUT2D eigenvalue weighted by Crippen LogP contribution is -2.39. The lowest BCUT2D eigenvalue weighted by atomic mass is 9.87.